The maximum atomic E-state index is 13.2. The van der Waals surface area contributed by atoms with Crippen LogP contribution < -0.4 is 15.5 Å². The molecule has 1 aromatic carbocycles. The Morgan fingerprint density at radius 2 is 1.97 bits per heavy atom. The van der Waals surface area contributed by atoms with Crippen LogP contribution in [0.2, 0.25) is 0 Å². The van der Waals surface area contributed by atoms with Crippen LogP contribution in [-0.4, -0.2) is 43.6 Å². The van der Waals surface area contributed by atoms with Crippen molar-refractivity contribution >= 4 is 49.9 Å². The van der Waals surface area contributed by atoms with Gasteiger partial charge in [0.1, 0.15) is 10.7 Å². The molecule has 0 aromatic heterocycles. The SMILES string of the molecule is C=C(N=Nc1cc2c(cc1NS(=O)(=O)C(F)(F)F)N(C(CC)CC)C(C)CC2)S/C(=N\N)C(=O)OCCC. The Kier molecular flexibility index (Phi) is 11.0. The van der Waals surface area contributed by atoms with Gasteiger partial charge in [0, 0.05) is 17.8 Å². The Balaban J connectivity index is 2.51. The van der Waals surface area contributed by atoms with Gasteiger partial charge in [0.2, 0.25) is 5.04 Å². The van der Waals surface area contributed by atoms with E-state index in [4.69, 9.17) is 10.6 Å². The molecular formula is C23H33F3N6O4S2. The standard InChI is InChI=1S/C23H33F3N6O4S2/c1-6-11-36-22(33)21(28-27)37-15(5)29-30-18-12-16-10-9-14(4)32(17(7-2)8-3)20(16)13-19(18)31-38(34,35)23(24,25)26/h12-14,17,31H,5-11,27H2,1-4H3/b28-21-,30-29?. The average Bonchev–Trinajstić information content (AvgIpc) is 2.85. The molecule has 0 radical (unpaired) electrons. The van der Waals surface area contributed by atoms with Crippen molar-refractivity contribution in [1.29, 1.82) is 0 Å². The van der Waals surface area contributed by atoms with Gasteiger partial charge in [-0.15, -0.1) is 10.2 Å². The molecule has 1 aromatic rings. The monoisotopic (exact) mass is 578 g/mol. The number of nitrogens with one attached hydrogen (secondary N) is 1. The molecule has 1 atom stereocenters. The lowest BCUT2D eigenvalue weighted by molar-refractivity contribution is -0.135. The number of carbonyl (C=O) groups is 1. The molecule has 0 saturated carbocycles. The molecule has 0 amide bonds. The number of hydrazone groups is 1. The van der Waals surface area contributed by atoms with Crippen molar-refractivity contribution < 1.29 is 31.1 Å². The molecule has 10 nitrogen and oxygen atoms in total. The molecule has 0 bridgehead atoms. The lowest BCUT2D eigenvalue weighted by Gasteiger charge is -2.42. The maximum Gasteiger partial charge on any atom is 0.516 e. The van der Waals surface area contributed by atoms with Crippen molar-refractivity contribution in [3.63, 3.8) is 0 Å². The summed E-state index contributed by atoms with van der Waals surface area (Å²) in [6.07, 6.45) is 3.59. The average molecular weight is 579 g/mol. The summed E-state index contributed by atoms with van der Waals surface area (Å²) in [6, 6.07) is 3.09. The zero-order chi connectivity index (χ0) is 28.7. The van der Waals surface area contributed by atoms with Gasteiger partial charge in [0.15, 0.2) is 0 Å². The first-order valence-electron chi connectivity index (χ1n) is 12.1. The number of sulfonamides is 1. The zero-order valence-electron chi connectivity index (χ0n) is 21.7. The first-order valence-corrected chi connectivity index (χ1v) is 14.4. The third-order valence-electron chi connectivity index (χ3n) is 5.88. The molecule has 212 valence electrons. The Labute approximate surface area is 225 Å². The number of alkyl halides is 3. The Morgan fingerprint density at radius 1 is 1.32 bits per heavy atom. The van der Waals surface area contributed by atoms with Gasteiger partial charge in [-0.3, -0.25) is 4.72 Å². The van der Waals surface area contributed by atoms with Crippen LogP contribution in [0.1, 0.15) is 58.9 Å². The Morgan fingerprint density at radius 3 is 2.53 bits per heavy atom. The van der Waals surface area contributed by atoms with E-state index in [1.807, 2.05) is 20.8 Å². The summed E-state index contributed by atoms with van der Waals surface area (Å²) in [5.74, 6) is 4.46. The minimum atomic E-state index is -5.74. The number of rotatable bonds is 10. The fourth-order valence-corrected chi connectivity index (χ4v) is 5.09. The summed E-state index contributed by atoms with van der Waals surface area (Å²) < 4.78 is 70.2. The van der Waals surface area contributed by atoms with E-state index in [1.54, 1.807) is 11.6 Å². The first kappa shape index (κ1) is 31.4. The van der Waals surface area contributed by atoms with Gasteiger partial charge in [-0.1, -0.05) is 27.4 Å². The van der Waals surface area contributed by atoms with Crippen molar-refractivity contribution in [2.75, 3.05) is 16.2 Å². The van der Waals surface area contributed by atoms with E-state index in [0.29, 0.717) is 30.3 Å². The number of fused-ring (bicyclic) bond motifs is 1. The molecule has 0 spiro atoms. The summed E-state index contributed by atoms with van der Waals surface area (Å²) in [7, 11) is -5.74. The molecule has 1 heterocycles. The second kappa shape index (κ2) is 13.3. The minimum absolute atomic E-state index is 0.0720. The lowest BCUT2D eigenvalue weighted by Crippen LogP contribution is -2.44. The highest BCUT2D eigenvalue weighted by molar-refractivity contribution is 8.18. The predicted octanol–water partition coefficient (Wildman–Crippen LogP) is 5.79. The fraction of sp³-hybridized carbons (Fsp3) is 0.565. The summed E-state index contributed by atoms with van der Waals surface area (Å²) in [5, 5.41) is 10.9. The van der Waals surface area contributed by atoms with Crippen molar-refractivity contribution in [2.45, 2.75) is 77.4 Å². The van der Waals surface area contributed by atoms with E-state index in [2.05, 4.69) is 26.8 Å². The summed E-state index contributed by atoms with van der Waals surface area (Å²) >= 11 is 0.654. The number of anilines is 2. The van der Waals surface area contributed by atoms with Crippen LogP contribution in [0, 0.1) is 0 Å². The molecule has 0 aliphatic carbocycles. The third kappa shape index (κ3) is 7.62. The molecule has 38 heavy (non-hydrogen) atoms. The molecule has 0 saturated heterocycles. The van der Waals surface area contributed by atoms with E-state index < -0.39 is 21.5 Å². The summed E-state index contributed by atoms with van der Waals surface area (Å²) in [4.78, 5) is 14.1. The fourth-order valence-electron chi connectivity index (χ4n) is 4.03. The number of nitrogens with zero attached hydrogens (tertiary/aromatic N) is 4. The normalized spacial score (nSPS) is 16.6. The van der Waals surface area contributed by atoms with Crippen LogP contribution in [-0.2, 0) is 26.0 Å². The molecular weight excluding hydrogens is 545 g/mol. The summed E-state index contributed by atoms with van der Waals surface area (Å²) in [5.41, 5.74) is -4.63. The minimum Gasteiger partial charge on any atom is -0.461 e. The third-order valence-corrected chi connectivity index (χ3v) is 7.76. The van der Waals surface area contributed by atoms with Crippen molar-refractivity contribution in [1.82, 2.24) is 0 Å². The lowest BCUT2D eigenvalue weighted by atomic mass is 9.92. The van der Waals surface area contributed by atoms with Gasteiger partial charge in [0.05, 0.1) is 12.3 Å². The highest BCUT2D eigenvalue weighted by atomic mass is 32.2. The van der Waals surface area contributed by atoms with Gasteiger partial charge >= 0.3 is 21.5 Å². The molecule has 15 heteroatoms. The molecule has 3 N–H and O–H groups in total. The van der Waals surface area contributed by atoms with Crippen LogP contribution in [0.25, 0.3) is 0 Å². The quantitative estimate of drug-likeness (QED) is 0.0894. The number of nitrogens with two attached hydrogens (primary N) is 1. The van der Waals surface area contributed by atoms with E-state index >= 15 is 0 Å². The number of thioether (sulfide) groups is 1. The number of benzene rings is 1. The van der Waals surface area contributed by atoms with Gasteiger partial charge in [-0.05, 0) is 68.5 Å². The van der Waals surface area contributed by atoms with Gasteiger partial charge in [0.25, 0.3) is 0 Å². The van der Waals surface area contributed by atoms with Crippen LogP contribution in [0.5, 0.6) is 0 Å². The first-order chi connectivity index (χ1) is 17.8. The second-order valence-electron chi connectivity index (χ2n) is 8.58. The Hall–Kier alpha value is -2.81. The van der Waals surface area contributed by atoms with Gasteiger partial charge in [-0.25, -0.2) is 4.79 Å². The highest BCUT2D eigenvalue weighted by Crippen LogP contribution is 2.42. The van der Waals surface area contributed by atoms with Crippen LogP contribution in [0.15, 0.2) is 39.1 Å². The number of halogens is 3. The van der Waals surface area contributed by atoms with E-state index in [-0.39, 0.29) is 40.1 Å². The Bertz CT molecular complexity index is 1180. The molecule has 1 aliphatic rings. The smallest absolute Gasteiger partial charge is 0.461 e. The number of carbonyl (C=O) groups excluding carboxylic acids is 1. The van der Waals surface area contributed by atoms with Crippen molar-refractivity contribution in [3.05, 3.63) is 29.3 Å². The zero-order valence-corrected chi connectivity index (χ0v) is 23.3. The van der Waals surface area contributed by atoms with Crippen LogP contribution in [0.3, 0.4) is 0 Å². The summed E-state index contributed by atoms with van der Waals surface area (Å²) in [6.45, 7) is 11.7. The van der Waals surface area contributed by atoms with Crippen LogP contribution >= 0.6 is 11.8 Å². The van der Waals surface area contributed by atoms with E-state index in [1.165, 1.54) is 12.1 Å². The number of azo groups is 1. The number of aryl methyl sites for hydroxylation is 1. The van der Waals surface area contributed by atoms with Crippen molar-refractivity contribution in [3.8, 4) is 0 Å². The van der Waals surface area contributed by atoms with Crippen LogP contribution in [0.4, 0.5) is 30.2 Å². The number of esters is 1. The van der Waals surface area contributed by atoms with Crippen molar-refractivity contribution in [2.24, 2.45) is 21.2 Å². The molecule has 1 unspecified atom stereocenters. The largest absolute Gasteiger partial charge is 0.516 e. The highest BCUT2D eigenvalue weighted by Gasteiger charge is 2.46. The molecule has 0 fully saturated rings. The number of hydrogen-bond acceptors (Lipinski definition) is 10. The molecule has 1 aliphatic heterocycles. The van der Waals surface area contributed by atoms with E-state index in [9.17, 15) is 26.4 Å². The maximum absolute atomic E-state index is 13.2. The predicted molar refractivity (Wildman–Crippen MR) is 144 cm³/mol. The van der Waals surface area contributed by atoms with E-state index in [0.717, 1.165) is 24.8 Å². The second-order valence-corrected chi connectivity index (χ2v) is 11.3. The number of ether oxygens (including phenoxy) is 1. The number of hydrogen-bond donors (Lipinski definition) is 2. The van der Waals surface area contributed by atoms with Gasteiger partial charge < -0.3 is 15.5 Å². The topological polar surface area (TPSA) is 139 Å². The molecule has 2 rings (SSSR count). The van der Waals surface area contributed by atoms with Gasteiger partial charge in [-0.2, -0.15) is 26.7 Å².